The summed E-state index contributed by atoms with van der Waals surface area (Å²) in [5.74, 6) is -4.13. The van der Waals surface area contributed by atoms with E-state index in [0.29, 0.717) is 5.56 Å². The minimum atomic E-state index is -1.59. The minimum absolute atomic E-state index is 0.0157. The van der Waals surface area contributed by atoms with E-state index < -0.39 is 61.1 Å². The standard InChI is InChI=1S/C18H26N4O8S/c19-11(6-23)15(26)22-14(8-31)17(28)20-12(5-9-1-3-10(25)4-2-9)16(27)21-13(7-24)18(29)30/h1-4,11-14,23-25,31H,5-8,19H2,(H,20,28)(H,21,27)(H,22,26)(H,29,30). The highest BCUT2D eigenvalue weighted by Gasteiger charge is 2.29. The molecule has 0 radical (unpaired) electrons. The molecular weight excluding hydrogens is 432 g/mol. The summed E-state index contributed by atoms with van der Waals surface area (Å²) in [7, 11) is 0. The molecular formula is C18H26N4O8S. The van der Waals surface area contributed by atoms with Crippen molar-refractivity contribution >= 4 is 36.3 Å². The molecule has 1 aromatic carbocycles. The average molecular weight is 458 g/mol. The number of aliphatic hydroxyl groups is 2. The minimum Gasteiger partial charge on any atom is -0.508 e. The lowest BCUT2D eigenvalue weighted by Gasteiger charge is -2.24. The number of benzene rings is 1. The number of carboxylic acids is 1. The molecule has 0 saturated heterocycles. The highest BCUT2D eigenvalue weighted by molar-refractivity contribution is 7.80. The second-order valence-corrected chi connectivity index (χ2v) is 6.91. The highest BCUT2D eigenvalue weighted by atomic mass is 32.1. The third-order valence-electron chi connectivity index (χ3n) is 4.16. The van der Waals surface area contributed by atoms with Crippen molar-refractivity contribution in [2.45, 2.75) is 30.6 Å². The fourth-order valence-corrected chi connectivity index (χ4v) is 2.62. The molecule has 0 spiro atoms. The number of aromatic hydroxyl groups is 1. The van der Waals surface area contributed by atoms with Gasteiger partial charge in [0.15, 0.2) is 0 Å². The van der Waals surface area contributed by atoms with Gasteiger partial charge in [-0.15, -0.1) is 0 Å². The quantitative estimate of drug-likeness (QED) is 0.143. The molecule has 1 rings (SSSR count). The van der Waals surface area contributed by atoms with Crippen LogP contribution in [0.15, 0.2) is 24.3 Å². The Morgan fingerprint density at radius 2 is 1.39 bits per heavy atom. The molecule has 0 bridgehead atoms. The lowest BCUT2D eigenvalue weighted by Crippen LogP contribution is -2.58. The van der Waals surface area contributed by atoms with E-state index in [9.17, 15) is 24.3 Å². The maximum absolute atomic E-state index is 12.6. The molecule has 0 aliphatic rings. The summed E-state index contributed by atoms with van der Waals surface area (Å²) in [5.41, 5.74) is 5.93. The number of aliphatic carboxylic acids is 1. The Balaban J connectivity index is 3.01. The fraction of sp³-hybridized carbons (Fsp3) is 0.444. The predicted molar refractivity (Wildman–Crippen MR) is 111 cm³/mol. The summed E-state index contributed by atoms with van der Waals surface area (Å²) in [6.07, 6.45) is -0.0843. The Hall–Kier alpha value is -2.87. The molecule has 4 unspecified atom stereocenters. The van der Waals surface area contributed by atoms with Gasteiger partial charge in [0.1, 0.15) is 29.9 Å². The molecule has 13 heteroatoms. The van der Waals surface area contributed by atoms with Gasteiger partial charge in [0.2, 0.25) is 17.7 Å². The summed E-state index contributed by atoms with van der Waals surface area (Å²) in [6.45, 7) is -1.51. The van der Waals surface area contributed by atoms with Gasteiger partial charge in [0.05, 0.1) is 13.2 Å². The number of nitrogens with one attached hydrogen (secondary N) is 3. The van der Waals surface area contributed by atoms with E-state index in [4.69, 9.17) is 21.1 Å². The second kappa shape index (κ2) is 12.7. The normalized spacial score (nSPS) is 14.6. The smallest absolute Gasteiger partial charge is 0.328 e. The SMILES string of the molecule is NC(CO)C(=O)NC(CS)C(=O)NC(Cc1ccc(O)cc1)C(=O)NC(CO)C(=O)O. The molecule has 31 heavy (non-hydrogen) atoms. The van der Waals surface area contributed by atoms with Crippen LogP contribution in [0.4, 0.5) is 0 Å². The first kappa shape index (κ1) is 26.2. The number of carbonyl (C=O) groups excluding carboxylic acids is 3. The number of nitrogens with two attached hydrogens (primary N) is 1. The molecule has 3 amide bonds. The topological polar surface area (TPSA) is 211 Å². The number of amides is 3. The van der Waals surface area contributed by atoms with Crippen LogP contribution in [0.5, 0.6) is 5.75 Å². The molecule has 9 N–H and O–H groups in total. The van der Waals surface area contributed by atoms with Crippen LogP contribution >= 0.6 is 12.6 Å². The number of phenolic OH excluding ortho intramolecular Hbond substituents is 1. The van der Waals surface area contributed by atoms with Crippen molar-refractivity contribution in [2.75, 3.05) is 19.0 Å². The molecule has 1 aromatic rings. The zero-order chi connectivity index (χ0) is 23.6. The highest BCUT2D eigenvalue weighted by Crippen LogP contribution is 2.12. The largest absolute Gasteiger partial charge is 0.508 e. The number of hydrogen-bond donors (Lipinski definition) is 9. The van der Waals surface area contributed by atoms with Crippen LogP contribution in [0, 0.1) is 0 Å². The van der Waals surface area contributed by atoms with E-state index in [-0.39, 0.29) is 17.9 Å². The molecule has 0 heterocycles. The van der Waals surface area contributed by atoms with Gasteiger partial charge in [-0.2, -0.15) is 12.6 Å². The Morgan fingerprint density at radius 1 is 0.871 bits per heavy atom. The maximum atomic E-state index is 12.6. The van der Waals surface area contributed by atoms with Gasteiger partial charge >= 0.3 is 5.97 Å². The van der Waals surface area contributed by atoms with Crippen molar-refractivity contribution in [3.05, 3.63) is 29.8 Å². The van der Waals surface area contributed by atoms with Gasteiger partial charge in [-0.05, 0) is 17.7 Å². The fourth-order valence-electron chi connectivity index (χ4n) is 2.36. The number of carbonyl (C=O) groups is 4. The van der Waals surface area contributed by atoms with E-state index in [2.05, 4.69) is 28.6 Å². The lowest BCUT2D eigenvalue weighted by atomic mass is 10.0. The number of hydrogen-bond acceptors (Lipinski definition) is 9. The monoisotopic (exact) mass is 458 g/mol. The van der Waals surface area contributed by atoms with Crippen LogP contribution in [-0.2, 0) is 25.6 Å². The van der Waals surface area contributed by atoms with Crippen molar-refractivity contribution in [3.8, 4) is 5.75 Å². The van der Waals surface area contributed by atoms with Crippen LogP contribution in [0.1, 0.15) is 5.56 Å². The van der Waals surface area contributed by atoms with Crippen molar-refractivity contribution in [3.63, 3.8) is 0 Å². The second-order valence-electron chi connectivity index (χ2n) is 6.55. The Morgan fingerprint density at radius 3 is 1.87 bits per heavy atom. The molecule has 172 valence electrons. The van der Waals surface area contributed by atoms with Crippen LogP contribution in [-0.4, -0.2) is 87.3 Å². The van der Waals surface area contributed by atoms with E-state index in [1.807, 2.05) is 0 Å². The third-order valence-corrected chi connectivity index (χ3v) is 4.52. The number of rotatable bonds is 12. The van der Waals surface area contributed by atoms with E-state index in [1.54, 1.807) is 0 Å². The Bertz CT molecular complexity index is 776. The Kier molecular flexibility index (Phi) is 10.8. The summed E-state index contributed by atoms with van der Waals surface area (Å²) in [4.78, 5) is 48.1. The number of aliphatic hydroxyl groups excluding tert-OH is 2. The van der Waals surface area contributed by atoms with Gasteiger partial charge in [-0.1, -0.05) is 12.1 Å². The zero-order valence-electron chi connectivity index (χ0n) is 16.4. The molecule has 0 aliphatic carbocycles. The van der Waals surface area contributed by atoms with Crippen LogP contribution in [0.25, 0.3) is 0 Å². The van der Waals surface area contributed by atoms with Crippen molar-refractivity contribution in [2.24, 2.45) is 5.73 Å². The summed E-state index contributed by atoms with van der Waals surface area (Å²) >= 11 is 3.99. The van der Waals surface area contributed by atoms with Crippen LogP contribution in [0.2, 0.25) is 0 Å². The molecule has 12 nitrogen and oxygen atoms in total. The van der Waals surface area contributed by atoms with Crippen molar-refractivity contribution in [1.82, 2.24) is 16.0 Å². The number of thiol groups is 1. The van der Waals surface area contributed by atoms with E-state index in [1.165, 1.54) is 24.3 Å². The summed E-state index contributed by atoms with van der Waals surface area (Å²) in [5, 5.41) is 43.3. The van der Waals surface area contributed by atoms with Crippen LogP contribution in [0.3, 0.4) is 0 Å². The molecule has 0 aromatic heterocycles. The van der Waals surface area contributed by atoms with E-state index >= 15 is 0 Å². The first-order valence-corrected chi connectivity index (χ1v) is 9.76. The first-order valence-electron chi connectivity index (χ1n) is 9.12. The molecule has 0 aliphatic heterocycles. The maximum Gasteiger partial charge on any atom is 0.328 e. The van der Waals surface area contributed by atoms with Gasteiger partial charge in [-0.25, -0.2) is 4.79 Å². The predicted octanol–water partition coefficient (Wildman–Crippen LogP) is -3.28. The molecule has 4 atom stereocenters. The third kappa shape index (κ3) is 8.41. The van der Waals surface area contributed by atoms with Gasteiger partial charge in [-0.3, -0.25) is 14.4 Å². The van der Waals surface area contributed by atoms with Crippen molar-refractivity contribution < 1.29 is 39.6 Å². The Labute approximate surface area is 183 Å². The zero-order valence-corrected chi connectivity index (χ0v) is 17.3. The van der Waals surface area contributed by atoms with Gasteiger partial charge < -0.3 is 42.1 Å². The molecule has 0 fully saturated rings. The first-order chi connectivity index (χ1) is 14.6. The van der Waals surface area contributed by atoms with E-state index in [0.717, 1.165) is 0 Å². The van der Waals surface area contributed by atoms with Crippen LogP contribution < -0.4 is 21.7 Å². The summed E-state index contributed by atoms with van der Waals surface area (Å²) in [6, 6.07) is 0.413. The molecule has 0 saturated carbocycles. The summed E-state index contributed by atoms with van der Waals surface area (Å²) < 4.78 is 0. The number of carboxylic acid groups (broad SMARTS) is 1. The number of phenols is 1. The lowest BCUT2D eigenvalue weighted by molar-refractivity contribution is -0.143. The van der Waals surface area contributed by atoms with Gasteiger partial charge in [0.25, 0.3) is 0 Å². The van der Waals surface area contributed by atoms with Gasteiger partial charge in [0, 0.05) is 12.2 Å². The average Bonchev–Trinajstić information content (AvgIpc) is 2.75. The van der Waals surface area contributed by atoms with Crippen molar-refractivity contribution in [1.29, 1.82) is 0 Å².